The van der Waals surface area contributed by atoms with Gasteiger partial charge >= 0.3 is 12.1 Å². The Morgan fingerprint density at radius 2 is 1.86 bits per heavy atom. The van der Waals surface area contributed by atoms with Gasteiger partial charge in [-0.25, -0.2) is 4.79 Å². The third-order valence-corrected chi connectivity index (χ3v) is 7.37. The monoisotopic (exact) mass is 514 g/mol. The van der Waals surface area contributed by atoms with E-state index in [4.69, 9.17) is 10.5 Å². The lowest BCUT2D eigenvalue weighted by molar-refractivity contribution is -0.196. The first-order valence-electron chi connectivity index (χ1n) is 12.4. The fourth-order valence-electron chi connectivity index (χ4n) is 5.23. The number of hydrogen-bond acceptors (Lipinski definition) is 6. The lowest BCUT2D eigenvalue weighted by Gasteiger charge is -2.44. The Kier molecular flexibility index (Phi) is 8.55. The van der Waals surface area contributed by atoms with Crippen molar-refractivity contribution in [1.29, 1.82) is 0 Å². The summed E-state index contributed by atoms with van der Waals surface area (Å²) in [5.74, 6) is -4.24. The highest BCUT2D eigenvalue weighted by atomic mass is 19.4. The Morgan fingerprint density at radius 1 is 1.22 bits per heavy atom. The van der Waals surface area contributed by atoms with Crippen molar-refractivity contribution in [2.45, 2.75) is 64.2 Å². The number of rotatable bonds is 6. The number of likely N-dealkylation sites (N-methyl/N-ethyl adjacent to an activating group) is 1. The average molecular weight is 515 g/mol. The minimum absolute atomic E-state index is 0.0237. The number of carbonyl (C=O) groups excluding carboxylic acids is 3. The maximum Gasteiger partial charge on any atom is 0.491 e. The van der Waals surface area contributed by atoms with E-state index in [1.165, 1.54) is 6.08 Å². The number of esters is 1. The van der Waals surface area contributed by atoms with Crippen molar-refractivity contribution in [2.75, 3.05) is 33.7 Å². The van der Waals surface area contributed by atoms with Crippen molar-refractivity contribution in [3.05, 3.63) is 23.5 Å². The largest absolute Gasteiger partial charge is 0.491 e. The number of carbonyl (C=O) groups is 3. The molecule has 2 heterocycles. The van der Waals surface area contributed by atoms with E-state index in [2.05, 4.69) is 19.2 Å². The van der Waals surface area contributed by atoms with Gasteiger partial charge in [-0.15, -0.1) is 0 Å². The molecule has 0 radical (unpaired) electrons. The summed E-state index contributed by atoms with van der Waals surface area (Å²) in [5, 5.41) is 3.34. The molecule has 202 valence electrons. The minimum atomic E-state index is -5.17. The van der Waals surface area contributed by atoms with Gasteiger partial charge in [-0.3, -0.25) is 14.9 Å². The molecule has 0 aromatic carbocycles. The summed E-state index contributed by atoms with van der Waals surface area (Å²) in [6, 6.07) is -1.22. The lowest BCUT2D eigenvalue weighted by Crippen LogP contribution is -2.57. The Labute approximate surface area is 210 Å². The zero-order valence-electron chi connectivity index (χ0n) is 21.4. The molecule has 1 fully saturated rings. The summed E-state index contributed by atoms with van der Waals surface area (Å²) >= 11 is 0. The van der Waals surface area contributed by atoms with Crippen LogP contribution in [0.1, 0.15) is 46.0 Å². The number of hydrogen-bond donors (Lipinski definition) is 2. The fraction of sp³-hybridized carbons (Fsp3) is 0.720. The number of likely N-dealkylation sites (tertiary alicyclic amines) is 1. The highest BCUT2D eigenvalue weighted by Crippen LogP contribution is 2.39. The zero-order chi connectivity index (χ0) is 26.8. The third-order valence-electron chi connectivity index (χ3n) is 7.37. The molecule has 0 spiro atoms. The summed E-state index contributed by atoms with van der Waals surface area (Å²) in [6.07, 6.45) is 1.53. The standard InChI is InChI=1S/C25H37F3N4O4/c1-24(2)9-5-15(6-10-24)21-18(36-23(35)25(26,27)28)13-17(22(29)34)20(30-21)16-7-11-32(12-8-16)19(33)14-31(3)4/h5,13,16-17,20-21,30H,6-12,14H2,1-4H3,(H2,29,34). The SMILES string of the molecule is CN(C)CC(=O)N1CCC(C2NC(C3=CCC(C)(C)CC3)C(OC(=O)C(F)(F)F)=CC2C(N)=O)CC1. The van der Waals surface area contributed by atoms with Crippen LogP contribution in [0.5, 0.6) is 0 Å². The predicted molar refractivity (Wildman–Crippen MR) is 127 cm³/mol. The van der Waals surface area contributed by atoms with Gasteiger partial charge in [0.05, 0.1) is 18.5 Å². The van der Waals surface area contributed by atoms with Crippen LogP contribution in [0.15, 0.2) is 23.5 Å². The van der Waals surface area contributed by atoms with Crippen LogP contribution < -0.4 is 11.1 Å². The Balaban J connectivity index is 1.86. The number of allylic oxidation sites excluding steroid dienone is 1. The van der Waals surface area contributed by atoms with E-state index in [1.807, 2.05) is 20.2 Å². The van der Waals surface area contributed by atoms with Gasteiger partial charge in [0.2, 0.25) is 11.8 Å². The van der Waals surface area contributed by atoms with E-state index < -0.39 is 36.1 Å². The quantitative estimate of drug-likeness (QED) is 0.417. The van der Waals surface area contributed by atoms with Gasteiger partial charge in [-0.1, -0.05) is 19.9 Å². The van der Waals surface area contributed by atoms with Crippen molar-refractivity contribution in [3.8, 4) is 0 Å². The van der Waals surface area contributed by atoms with Gasteiger partial charge in [-0.05, 0) is 69.2 Å². The van der Waals surface area contributed by atoms with Gasteiger partial charge in [0.15, 0.2) is 0 Å². The molecule has 1 saturated heterocycles. The molecule has 2 amide bonds. The third kappa shape index (κ3) is 6.88. The Morgan fingerprint density at radius 3 is 2.36 bits per heavy atom. The van der Waals surface area contributed by atoms with Crippen molar-refractivity contribution < 1.29 is 32.3 Å². The molecule has 3 unspecified atom stereocenters. The second-order valence-electron chi connectivity index (χ2n) is 11.1. The maximum atomic E-state index is 13.0. The molecule has 11 heteroatoms. The zero-order valence-corrected chi connectivity index (χ0v) is 21.4. The lowest BCUT2D eigenvalue weighted by atomic mass is 9.74. The molecular formula is C25H37F3N4O4. The average Bonchev–Trinajstić information content (AvgIpc) is 2.78. The number of piperidine rings is 1. The van der Waals surface area contributed by atoms with Crippen molar-refractivity contribution in [1.82, 2.24) is 15.1 Å². The highest BCUT2D eigenvalue weighted by Gasteiger charge is 2.46. The maximum absolute atomic E-state index is 13.0. The molecule has 0 aromatic rings. The summed E-state index contributed by atoms with van der Waals surface area (Å²) < 4.78 is 43.9. The number of halogens is 3. The number of nitrogens with zero attached hydrogens (tertiary/aromatic N) is 2. The van der Waals surface area contributed by atoms with Gasteiger partial charge < -0.3 is 20.3 Å². The fourth-order valence-corrected chi connectivity index (χ4v) is 5.23. The first kappa shape index (κ1) is 28.2. The van der Waals surface area contributed by atoms with Crippen molar-refractivity contribution >= 4 is 17.8 Å². The van der Waals surface area contributed by atoms with Crippen LogP contribution in [-0.4, -0.2) is 79.6 Å². The normalized spacial score (nSPS) is 27.3. The summed E-state index contributed by atoms with van der Waals surface area (Å²) in [5.41, 5.74) is 6.56. The predicted octanol–water partition coefficient (Wildman–Crippen LogP) is 2.35. The molecule has 1 aliphatic carbocycles. The Hall–Kier alpha value is -2.40. The number of amides is 2. The minimum Gasteiger partial charge on any atom is -0.423 e. The molecule has 2 aliphatic heterocycles. The van der Waals surface area contributed by atoms with E-state index in [-0.39, 0.29) is 23.0 Å². The molecule has 8 nitrogen and oxygen atoms in total. The molecule has 0 aromatic heterocycles. The number of ether oxygens (including phenoxy) is 1. The highest BCUT2D eigenvalue weighted by molar-refractivity contribution is 5.81. The first-order chi connectivity index (χ1) is 16.7. The van der Waals surface area contributed by atoms with Crippen LogP contribution >= 0.6 is 0 Å². The number of nitrogens with two attached hydrogens (primary N) is 1. The van der Waals surface area contributed by atoms with Crippen molar-refractivity contribution in [3.63, 3.8) is 0 Å². The van der Waals surface area contributed by atoms with E-state index >= 15 is 0 Å². The van der Waals surface area contributed by atoms with Crippen LogP contribution in [0.4, 0.5) is 13.2 Å². The van der Waals surface area contributed by atoms with Crippen LogP contribution in [-0.2, 0) is 19.1 Å². The molecule has 3 rings (SSSR count). The number of nitrogens with one attached hydrogen (secondary N) is 1. The molecule has 3 aliphatic rings. The van der Waals surface area contributed by atoms with E-state index in [1.54, 1.807) is 9.80 Å². The molecule has 0 bridgehead atoms. The van der Waals surface area contributed by atoms with E-state index in [0.717, 1.165) is 18.4 Å². The van der Waals surface area contributed by atoms with Crippen LogP contribution in [0.25, 0.3) is 0 Å². The molecule has 3 N–H and O–H groups in total. The molecular weight excluding hydrogens is 477 g/mol. The second-order valence-corrected chi connectivity index (χ2v) is 11.1. The molecule has 3 atom stereocenters. The summed E-state index contributed by atoms with van der Waals surface area (Å²) in [6.45, 7) is 5.57. The summed E-state index contributed by atoms with van der Waals surface area (Å²) in [4.78, 5) is 40.1. The van der Waals surface area contributed by atoms with Gasteiger partial charge in [-0.2, -0.15) is 13.2 Å². The van der Waals surface area contributed by atoms with E-state index in [9.17, 15) is 27.6 Å². The number of primary amides is 1. The smallest absolute Gasteiger partial charge is 0.423 e. The number of alkyl halides is 3. The van der Waals surface area contributed by atoms with Gasteiger partial charge in [0.1, 0.15) is 5.76 Å². The van der Waals surface area contributed by atoms with Crippen LogP contribution in [0.2, 0.25) is 0 Å². The van der Waals surface area contributed by atoms with E-state index in [0.29, 0.717) is 38.9 Å². The molecule has 36 heavy (non-hydrogen) atoms. The van der Waals surface area contributed by atoms with Gasteiger partial charge in [0, 0.05) is 19.1 Å². The van der Waals surface area contributed by atoms with Crippen molar-refractivity contribution in [2.24, 2.45) is 23.0 Å². The first-order valence-corrected chi connectivity index (χ1v) is 12.4. The summed E-state index contributed by atoms with van der Waals surface area (Å²) in [7, 11) is 3.65. The topological polar surface area (TPSA) is 105 Å². The van der Waals surface area contributed by atoms with Crippen LogP contribution in [0, 0.1) is 17.3 Å². The van der Waals surface area contributed by atoms with Gasteiger partial charge in [0.25, 0.3) is 0 Å². The second kappa shape index (κ2) is 10.9. The van der Waals surface area contributed by atoms with Crippen LogP contribution in [0.3, 0.4) is 0 Å². The molecule has 0 saturated carbocycles. The Bertz CT molecular complexity index is 921.